The summed E-state index contributed by atoms with van der Waals surface area (Å²) in [6, 6.07) is 44.0. The number of hydrogen-bond acceptors (Lipinski definition) is 0. The molecular formula is C24H22ClPZn. The Morgan fingerprint density at radius 2 is 0.519 bits per heavy atom. The summed E-state index contributed by atoms with van der Waals surface area (Å²) in [5, 5.41) is 5.66. The third kappa shape index (κ3) is 4.07. The van der Waals surface area contributed by atoms with Gasteiger partial charge < -0.3 is 0 Å². The van der Waals surface area contributed by atoms with E-state index in [9.17, 15) is 0 Å². The molecule has 0 aliphatic rings. The van der Waals surface area contributed by atoms with Crippen LogP contribution in [0.3, 0.4) is 0 Å². The van der Waals surface area contributed by atoms with E-state index in [1.807, 2.05) is 0 Å². The molecule has 0 unspecified atom stereocenters. The van der Waals surface area contributed by atoms with Gasteiger partial charge in [0.2, 0.25) is 0 Å². The molecule has 0 amide bonds. The molecule has 4 aromatic rings. The van der Waals surface area contributed by atoms with E-state index in [1.165, 1.54) is 21.2 Å². The normalized spacial score (nSPS) is 11.0. The molecule has 0 radical (unpaired) electrons. The molecule has 3 heteroatoms. The van der Waals surface area contributed by atoms with Crippen molar-refractivity contribution in [3.05, 3.63) is 121 Å². The Hall–Kier alpha value is -1.78. The molecule has 0 saturated carbocycles. The average molecular weight is 442 g/mol. The van der Waals surface area contributed by atoms with Gasteiger partial charge in [0.15, 0.2) is 0 Å². The first-order chi connectivity index (χ1) is 12.4. The van der Waals surface area contributed by atoms with Crippen LogP contribution in [0.1, 0.15) is 0 Å². The van der Waals surface area contributed by atoms with Crippen LogP contribution in [0.2, 0.25) is 0 Å². The van der Waals surface area contributed by atoms with Crippen LogP contribution in [0.4, 0.5) is 0 Å². The summed E-state index contributed by atoms with van der Waals surface area (Å²) in [5.41, 5.74) is 0. The molecule has 0 N–H and O–H groups in total. The van der Waals surface area contributed by atoms with Crippen molar-refractivity contribution in [3.63, 3.8) is 0 Å². The molecule has 0 aromatic heterocycles. The second kappa shape index (κ2) is 9.96. The zero-order chi connectivity index (χ0) is 17.0. The van der Waals surface area contributed by atoms with E-state index < -0.39 is 7.26 Å². The molecule has 0 atom stereocenters. The molecule has 132 valence electrons. The monoisotopic (exact) mass is 440 g/mol. The summed E-state index contributed by atoms with van der Waals surface area (Å²) >= 11 is 0. The van der Waals surface area contributed by atoms with Gasteiger partial charge in [-0.3, -0.25) is 0 Å². The zero-order valence-electron chi connectivity index (χ0n) is 15.2. The van der Waals surface area contributed by atoms with Crippen LogP contribution in [0, 0.1) is 0 Å². The van der Waals surface area contributed by atoms with Crippen LogP contribution < -0.4 is 21.2 Å². The van der Waals surface area contributed by atoms with Crippen molar-refractivity contribution in [2.24, 2.45) is 0 Å². The van der Waals surface area contributed by atoms with Crippen LogP contribution in [0.15, 0.2) is 121 Å². The third-order valence-electron chi connectivity index (χ3n) is 4.83. The van der Waals surface area contributed by atoms with Gasteiger partial charge in [-0.1, -0.05) is 0 Å². The van der Waals surface area contributed by atoms with Gasteiger partial charge in [0, 0.05) is 19.5 Å². The van der Waals surface area contributed by atoms with Crippen LogP contribution in [-0.4, -0.2) is 0 Å². The summed E-state index contributed by atoms with van der Waals surface area (Å²) in [6.07, 6.45) is 0. The Labute approximate surface area is 181 Å². The number of rotatable bonds is 4. The SMILES string of the molecule is Cl.[Zn].c1ccc([PH](c2ccccc2)(c2ccccc2)c2ccccc2)cc1. The molecule has 0 aliphatic heterocycles. The van der Waals surface area contributed by atoms with Crippen LogP contribution in [0.5, 0.6) is 0 Å². The maximum atomic E-state index is 2.29. The number of halogens is 1. The van der Waals surface area contributed by atoms with E-state index in [2.05, 4.69) is 121 Å². The molecule has 0 nitrogen and oxygen atoms in total. The van der Waals surface area contributed by atoms with Gasteiger partial charge in [-0.2, -0.15) is 0 Å². The van der Waals surface area contributed by atoms with Gasteiger partial charge in [-0.15, -0.1) is 12.4 Å². The molecule has 0 bridgehead atoms. The third-order valence-corrected chi connectivity index (χ3v) is 9.62. The Bertz CT molecular complexity index is 765. The van der Waals surface area contributed by atoms with Crippen molar-refractivity contribution < 1.29 is 19.5 Å². The van der Waals surface area contributed by atoms with Crippen molar-refractivity contribution in [2.75, 3.05) is 0 Å². The quantitative estimate of drug-likeness (QED) is 0.324. The van der Waals surface area contributed by atoms with E-state index in [0.29, 0.717) is 0 Å². The molecule has 0 aliphatic carbocycles. The second-order valence-corrected chi connectivity index (χ2v) is 10.0. The zero-order valence-corrected chi connectivity index (χ0v) is 19.9. The van der Waals surface area contributed by atoms with Crippen molar-refractivity contribution in [1.29, 1.82) is 0 Å². The summed E-state index contributed by atoms with van der Waals surface area (Å²) in [4.78, 5) is 0. The fraction of sp³-hybridized carbons (Fsp3) is 0. The predicted octanol–water partition coefficient (Wildman–Crippen LogP) is 4.46. The molecule has 27 heavy (non-hydrogen) atoms. The summed E-state index contributed by atoms with van der Waals surface area (Å²) in [5.74, 6) is 0. The molecule has 4 aromatic carbocycles. The van der Waals surface area contributed by atoms with Crippen molar-refractivity contribution in [3.8, 4) is 0 Å². The minimum atomic E-state index is -2.30. The van der Waals surface area contributed by atoms with Gasteiger partial charge in [0.05, 0.1) is 0 Å². The summed E-state index contributed by atoms with van der Waals surface area (Å²) < 4.78 is 0. The Kier molecular flexibility index (Phi) is 7.94. The van der Waals surface area contributed by atoms with Gasteiger partial charge in [-0.05, 0) is 0 Å². The summed E-state index contributed by atoms with van der Waals surface area (Å²) in [6.45, 7) is 0. The van der Waals surface area contributed by atoms with Crippen molar-refractivity contribution in [2.45, 2.75) is 0 Å². The van der Waals surface area contributed by atoms with E-state index in [1.54, 1.807) is 0 Å². The standard InChI is InChI=1S/C24H21P.ClH.Zn/c1-5-13-21(14-6-1)25(22-15-7-2-8-16-22,23-17-9-3-10-18-23)24-19-11-4-12-20-24;;/h1-20,25H;1H;. The maximum absolute atomic E-state index is 2.30. The van der Waals surface area contributed by atoms with E-state index in [0.717, 1.165) is 0 Å². The van der Waals surface area contributed by atoms with Crippen LogP contribution in [0.25, 0.3) is 0 Å². The first kappa shape index (κ1) is 21.5. The molecule has 4 rings (SSSR count). The second-order valence-electron chi connectivity index (χ2n) is 6.21. The minimum absolute atomic E-state index is 0. The van der Waals surface area contributed by atoms with Crippen LogP contribution >= 0.6 is 19.7 Å². The van der Waals surface area contributed by atoms with Gasteiger partial charge in [0.1, 0.15) is 0 Å². The van der Waals surface area contributed by atoms with Crippen LogP contribution in [-0.2, 0) is 19.5 Å². The van der Waals surface area contributed by atoms with Gasteiger partial charge in [-0.25, -0.2) is 0 Å². The summed E-state index contributed by atoms with van der Waals surface area (Å²) in [7, 11) is -2.30. The average Bonchev–Trinajstić information content (AvgIpc) is 2.72. The van der Waals surface area contributed by atoms with Crippen molar-refractivity contribution >= 4 is 40.9 Å². The molecule has 0 heterocycles. The fourth-order valence-electron chi connectivity index (χ4n) is 3.75. The predicted molar refractivity (Wildman–Crippen MR) is 120 cm³/mol. The molecule has 0 spiro atoms. The fourth-order valence-corrected chi connectivity index (χ4v) is 8.52. The van der Waals surface area contributed by atoms with Gasteiger partial charge >= 0.3 is 150 Å². The number of benzene rings is 4. The molecule has 0 fully saturated rings. The molecule has 0 saturated heterocycles. The number of hydrogen-bond donors (Lipinski definition) is 0. The Balaban J connectivity index is 0.00000131. The van der Waals surface area contributed by atoms with Crippen molar-refractivity contribution in [1.82, 2.24) is 0 Å². The van der Waals surface area contributed by atoms with E-state index in [-0.39, 0.29) is 31.9 Å². The molecular weight excluding hydrogens is 420 g/mol. The Morgan fingerprint density at radius 1 is 0.333 bits per heavy atom. The van der Waals surface area contributed by atoms with E-state index >= 15 is 0 Å². The first-order valence-electron chi connectivity index (χ1n) is 8.64. The van der Waals surface area contributed by atoms with E-state index in [4.69, 9.17) is 0 Å². The topological polar surface area (TPSA) is 0 Å². The first-order valence-corrected chi connectivity index (χ1v) is 10.6. The van der Waals surface area contributed by atoms with Gasteiger partial charge in [0.25, 0.3) is 0 Å². The Morgan fingerprint density at radius 3 is 0.704 bits per heavy atom.